The number of Topliss-reactive ketones (excluding diaryl/α,β-unsaturated/α-hetero) is 1. The van der Waals surface area contributed by atoms with Gasteiger partial charge in [-0.25, -0.2) is 8.78 Å². The fourth-order valence-electron chi connectivity index (χ4n) is 1.81. The summed E-state index contributed by atoms with van der Waals surface area (Å²) in [5.41, 5.74) is -0.806. The van der Waals surface area contributed by atoms with E-state index in [-0.39, 0.29) is 12.0 Å². The highest BCUT2D eigenvalue weighted by Gasteiger charge is 2.30. The van der Waals surface area contributed by atoms with Crippen LogP contribution in [0, 0.1) is 11.6 Å². The summed E-state index contributed by atoms with van der Waals surface area (Å²) < 4.78 is 63.3. The Bertz CT molecular complexity index is 659. The zero-order valence-corrected chi connectivity index (χ0v) is 10.5. The summed E-state index contributed by atoms with van der Waals surface area (Å²) in [6.07, 6.45) is -4.72. The number of carbonyl (C=O) groups is 1. The highest BCUT2D eigenvalue weighted by molar-refractivity contribution is 5.97. The molecule has 0 atom stereocenters. The van der Waals surface area contributed by atoms with Crippen LogP contribution in [0.5, 0.6) is 0 Å². The SMILES string of the molecule is O=C(Cc1ccc(C(F)(F)F)cc1)c1ccc(F)cc1F. The van der Waals surface area contributed by atoms with E-state index in [1.165, 1.54) is 0 Å². The van der Waals surface area contributed by atoms with E-state index in [1.54, 1.807) is 0 Å². The van der Waals surface area contributed by atoms with Gasteiger partial charge in [-0.2, -0.15) is 13.2 Å². The molecule has 2 aromatic rings. The van der Waals surface area contributed by atoms with Crippen molar-refractivity contribution in [1.82, 2.24) is 0 Å². The highest BCUT2D eigenvalue weighted by atomic mass is 19.4. The molecule has 0 saturated carbocycles. The summed E-state index contributed by atoms with van der Waals surface area (Å²) in [6.45, 7) is 0. The van der Waals surface area contributed by atoms with Gasteiger partial charge in [-0.1, -0.05) is 12.1 Å². The zero-order chi connectivity index (χ0) is 15.6. The maximum atomic E-state index is 13.4. The van der Waals surface area contributed by atoms with E-state index in [0.717, 1.165) is 36.4 Å². The third-order valence-corrected chi connectivity index (χ3v) is 2.88. The van der Waals surface area contributed by atoms with E-state index < -0.39 is 29.2 Å². The Labute approximate surface area is 117 Å². The van der Waals surface area contributed by atoms with Crippen LogP contribution in [-0.2, 0) is 12.6 Å². The summed E-state index contributed by atoms with van der Waals surface area (Å²) >= 11 is 0. The van der Waals surface area contributed by atoms with Gasteiger partial charge in [-0.3, -0.25) is 4.79 Å². The van der Waals surface area contributed by atoms with Crippen molar-refractivity contribution in [2.45, 2.75) is 12.6 Å². The largest absolute Gasteiger partial charge is 0.416 e. The minimum Gasteiger partial charge on any atom is -0.294 e. The first-order valence-electron chi connectivity index (χ1n) is 5.92. The smallest absolute Gasteiger partial charge is 0.294 e. The number of carbonyl (C=O) groups excluding carboxylic acids is 1. The van der Waals surface area contributed by atoms with E-state index in [1.807, 2.05) is 0 Å². The molecule has 0 unspecified atom stereocenters. The van der Waals surface area contributed by atoms with Crippen molar-refractivity contribution < 1.29 is 26.7 Å². The Morgan fingerprint density at radius 2 is 1.57 bits per heavy atom. The summed E-state index contributed by atoms with van der Waals surface area (Å²) in [7, 11) is 0. The number of rotatable bonds is 3. The lowest BCUT2D eigenvalue weighted by atomic mass is 10.0. The molecule has 0 N–H and O–H groups in total. The first-order valence-corrected chi connectivity index (χ1v) is 5.92. The molecule has 0 saturated heterocycles. The molecule has 0 aromatic heterocycles. The maximum Gasteiger partial charge on any atom is 0.416 e. The minimum absolute atomic E-state index is 0.263. The van der Waals surface area contributed by atoms with Crippen LogP contribution in [0.25, 0.3) is 0 Å². The first-order chi connectivity index (χ1) is 9.77. The molecule has 0 aliphatic heterocycles. The Hall–Kier alpha value is -2.24. The van der Waals surface area contributed by atoms with E-state index in [4.69, 9.17) is 0 Å². The lowest BCUT2D eigenvalue weighted by molar-refractivity contribution is -0.137. The molecule has 0 fully saturated rings. The molecule has 2 rings (SSSR count). The van der Waals surface area contributed by atoms with E-state index >= 15 is 0 Å². The van der Waals surface area contributed by atoms with Crippen LogP contribution in [0.2, 0.25) is 0 Å². The monoisotopic (exact) mass is 300 g/mol. The van der Waals surface area contributed by atoms with Gasteiger partial charge in [-0.15, -0.1) is 0 Å². The molecular formula is C15H9F5O. The van der Waals surface area contributed by atoms with Crippen molar-refractivity contribution in [3.05, 3.63) is 70.8 Å². The molecule has 0 amide bonds. The Morgan fingerprint density at radius 1 is 0.952 bits per heavy atom. The standard InChI is InChI=1S/C15H9F5O/c16-11-5-6-12(13(17)8-11)14(21)7-9-1-3-10(4-2-9)15(18,19)20/h1-6,8H,7H2. The van der Waals surface area contributed by atoms with Gasteiger partial charge in [0.2, 0.25) is 0 Å². The Balaban J connectivity index is 2.16. The maximum absolute atomic E-state index is 13.4. The molecule has 0 radical (unpaired) electrons. The molecule has 0 heterocycles. The second-order valence-electron chi connectivity index (χ2n) is 4.42. The van der Waals surface area contributed by atoms with Crippen LogP contribution in [0.3, 0.4) is 0 Å². The number of hydrogen-bond donors (Lipinski definition) is 0. The molecule has 1 nitrogen and oxygen atoms in total. The topological polar surface area (TPSA) is 17.1 Å². The van der Waals surface area contributed by atoms with Crippen molar-refractivity contribution in [3.8, 4) is 0 Å². The molecule has 6 heteroatoms. The summed E-state index contributed by atoms with van der Waals surface area (Å²) in [6, 6.07) is 6.55. The van der Waals surface area contributed by atoms with Crippen LogP contribution >= 0.6 is 0 Å². The number of alkyl halides is 3. The van der Waals surface area contributed by atoms with E-state index in [0.29, 0.717) is 11.6 Å². The van der Waals surface area contributed by atoms with Gasteiger partial charge in [-0.05, 0) is 29.8 Å². The predicted molar refractivity (Wildman–Crippen MR) is 65.8 cm³/mol. The van der Waals surface area contributed by atoms with Crippen molar-refractivity contribution in [1.29, 1.82) is 0 Å². The average molecular weight is 300 g/mol. The Morgan fingerprint density at radius 3 is 2.10 bits per heavy atom. The van der Waals surface area contributed by atoms with Gasteiger partial charge >= 0.3 is 6.18 Å². The van der Waals surface area contributed by atoms with Crippen molar-refractivity contribution in [3.63, 3.8) is 0 Å². The van der Waals surface area contributed by atoms with Gasteiger partial charge < -0.3 is 0 Å². The molecule has 21 heavy (non-hydrogen) atoms. The fourth-order valence-corrected chi connectivity index (χ4v) is 1.81. The Kier molecular flexibility index (Phi) is 4.06. The summed E-state index contributed by atoms with van der Waals surface area (Å²) in [5, 5.41) is 0. The van der Waals surface area contributed by atoms with Gasteiger partial charge in [0.25, 0.3) is 0 Å². The molecule has 110 valence electrons. The minimum atomic E-state index is -4.45. The number of ketones is 1. The van der Waals surface area contributed by atoms with Gasteiger partial charge in [0.15, 0.2) is 5.78 Å². The zero-order valence-electron chi connectivity index (χ0n) is 10.5. The first kappa shape index (κ1) is 15.2. The van der Waals surface area contributed by atoms with Crippen LogP contribution in [0.4, 0.5) is 22.0 Å². The van der Waals surface area contributed by atoms with Crippen molar-refractivity contribution in [2.75, 3.05) is 0 Å². The van der Waals surface area contributed by atoms with Crippen LogP contribution in [0.1, 0.15) is 21.5 Å². The summed E-state index contributed by atoms with van der Waals surface area (Å²) in [4.78, 5) is 11.8. The molecular weight excluding hydrogens is 291 g/mol. The average Bonchev–Trinajstić information content (AvgIpc) is 2.38. The molecule has 0 aliphatic rings. The third-order valence-electron chi connectivity index (χ3n) is 2.88. The van der Waals surface area contributed by atoms with Gasteiger partial charge in [0.05, 0.1) is 11.1 Å². The second kappa shape index (κ2) is 5.63. The van der Waals surface area contributed by atoms with Crippen LogP contribution in [0.15, 0.2) is 42.5 Å². The molecule has 0 bridgehead atoms. The lowest BCUT2D eigenvalue weighted by Gasteiger charge is -2.07. The number of halogens is 5. The quantitative estimate of drug-likeness (QED) is 0.606. The van der Waals surface area contributed by atoms with Crippen LogP contribution in [-0.4, -0.2) is 5.78 Å². The summed E-state index contributed by atoms with van der Waals surface area (Å²) in [5.74, 6) is -2.43. The molecule has 0 spiro atoms. The number of hydrogen-bond acceptors (Lipinski definition) is 1. The second-order valence-corrected chi connectivity index (χ2v) is 4.42. The van der Waals surface area contributed by atoms with E-state index in [9.17, 15) is 26.7 Å². The fraction of sp³-hybridized carbons (Fsp3) is 0.133. The lowest BCUT2D eigenvalue weighted by Crippen LogP contribution is -2.08. The van der Waals surface area contributed by atoms with E-state index in [2.05, 4.69) is 0 Å². The normalized spacial score (nSPS) is 11.5. The highest BCUT2D eigenvalue weighted by Crippen LogP contribution is 2.29. The number of benzene rings is 2. The predicted octanol–water partition coefficient (Wildman–Crippen LogP) is 4.41. The van der Waals surface area contributed by atoms with Crippen molar-refractivity contribution in [2.24, 2.45) is 0 Å². The van der Waals surface area contributed by atoms with Gasteiger partial charge in [0, 0.05) is 12.5 Å². The van der Waals surface area contributed by atoms with Crippen molar-refractivity contribution >= 4 is 5.78 Å². The molecule has 2 aromatic carbocycles. The third kappa shape index (κ3) is 3.65. The van der Waals surface area contributed by atoms with Crippen LogP contribution < -0.4 is 0 Å². The molecule has 0 aliphatic carbocycles. The van der Waals surface area contributed by atoms with Gasteiger partial charge in [0.1, 0.15) is 11.6 Å².